The molecule has 0 N–H and O–H groups in total. The number of hydrogen-bond acceptors (Lipinski definition) is 4. The molecule has 1 spiro atoms. The van der Waals surface area contributed by atoms with Crippen molar-refractivity contribution in [1.29, 1.82) is 0 Å². The highest BCUT2D eigenvalue weighted by Gasteiger charge is 2.49. The van der Waals surface area contributed by atoms with Crippen molar-refractivity contribution in [3.8, 4) is 0 Å². The van der Waals surface area contributed by atoms with Crippen molar-refractivity contribution in [2.24, 2.45) is 5.41 Å². The number of piperidine rings is 1. The topological polar surface area (TPSA) is 50.6 Å². The molecule has 0 radical (unpaired) electrons. The molecular formula is C20H32N4O2. The summed E-state index contributed by atoms with van der Waals surface area (Å²) in [6.45, 7) is 5.31. The van der Waals surface area contributed by atoms with Crippen LogP contribution in [-0.4, -0.2) is 64.7 Å². The second-order valence-corrected chi connectivity index (χ2v) is 8.35. The first kappa shape index (κ1) is 18.0. The van der Waals surface area contributed by atoms with Gasteiger partial charge in [0.2, 0.25) is 5.91 Å². The lowest BCUT2D eigenvalue weighted by Gasteiger charge is -2.42. The summed E-state index contributed by atoms with van der Waals surface area (Å²) < 4.78 is 7.36. The van der Waals surface area contributed by atoms with E-state index in [-0.39, 0.29) is 5.41 Å². The fourth-order valence-corrected chi connectivity index (χ4v) is 5.24. The lowest BCUT2D eigenvalue weighted by atomic mass is 9.77. The fraction of sp³-hybridized carbons (Fsp3) is 0.800. The monoisotopic (exact) mass is 360 g/mol. The van der Waals surface area contributed by atoms with E-state index >= 15 is 0 Å². The molecule has 0 bridgehead atoms. The molecule has 1 aliphatic carbocycles. The highest BCUT2D eigenvalue weighted by molar-refractivity contribution is 5.84. The standard InChI is InChI=1S/C20H32N4O2/c1-26-12-11-23-16-21-13-18(23)14-22-10-8-20(15-22)7-4-9-24(19(20)25)17-5-2-3-6-17/h13,16-17H,2-12,14-15H2,1H3/t20-/m0/s1. The maximum Gasteiger partial charge on any atom is 0.230 e. The molecule has 1 aromatic heterocycles. The Labute approximate surface area is 156 Å². The number of methoxy groups -OCH3 is 1. The predicted molar refractivity (Wildman–Crippen MR) is 99.6 cm³/mol. The van der Waals surface area contributed by atoms with Crippen LogP contribution < -0.4 is 0 Å². The number of rotatable bonds is 6. The van der Waals surface area contributed by atoms with Crippen LogP contribution in [0.3, 0.4) is 0 Å². The summed E-state index contributed by atoms with van der Waals surface area (Å²) in [5.74, 6) is 0.450. The van der Waals surface area contributed by atoms with Crippen molar-refractivity contribution in [1.82, 2.24) is 19.4 Å². The first-order chi connectivity index (χ1) is 12.7. The van der Waals surface area contributed by atoms with E-state index in [2.05, 4.69) is 19.4 Å². The molecule has 0 aromatic carbocycles. The number of amides is 1. The van der Waals surface area contributed by atoms with Gasteiger partial charge in [-0.05, 0) is 38.6 Å². The Balaban J connectivity index is 1.41. The lowest BCUT2D eigenvalue weighted by molar-refractivity contribution is -0.148. The first-order valence-corrected chi connectivity index (χ1v) is 10.2. The average Bonchev–Trinajstić information content (AvgIpc) is 3.39. The molecule has 3 aliphatic rings. The summed E-state index contributed by atoms with van der Waals surface area (Å²) in [6.07, 6.45) is 12.1. The third-order valence-corrected chi connectivity index (χ3v) is 6.69. The number of nitrogens with zero attached hydrogens (tertiary/aromatic N) is 4. The molecule has 1 amide bonds. The summed E-state index contributed by atoms with van der Waals surface area (Å²) >= 11 is 0. The maximum absolute atomic E-state index is 13.4. The van der Waals surface area contributed by atoms with Crippen LogP contribution in [0.1, 0.15) is 50.6 Å². The third kappa shape index (κ3) is 3.41. The minimum atomic E-state index is -0.127. The molecule has 3 heterocycles. The predicted octanol–water partition coefficient (Wildman–Crippen LogP) is 2.29. The van der Waals surface area contributed by atoms with Gasteiger partial charge in [-0.15, -0.1) is 0 Å². The summed E-state index contributed by atoms with van der Waals surface area (Å²) in [6, 6.07) is 0.518. The average molecular weight is 361 g/mol. The smallest absolute Gasteiger partial charge is 0.230 e. The fourth-order valence-electron chi connectivity index (χ4n) is 5.24. The Hall–Kier alpha value is -1.40. The Bertz CT molecular complexity index is 625. The number of carbonyl (C=O) groups excluding carboxylic acids is 1. The number of imidazole rings is 1. The molecule has 1 aromatic rings. The molecule has 4 rings (SSSR count). The van der Waals surface area contributed by atoms with Crippen LogP contribution in [0.2, 0.25) is 0 Å². The Morgan fingerprint density at radius 1 is 1.23 bits per heavy atom. The second kappa shape index (κ2) is 7.69. The Kier molecular flexibility index (Phi) is 5.32. The van der Waals surface area contributed by atoms with Gasteiger partial charge in [-0.2, -0.15) is 0 Å². The number of likely N-dealkylation sites (tertiary alicyclic amines) is 2. The highest BCUT2D eigenvalue weighted by atomic mass is 16.5. The van der Waals surface area contributed by atoms with Crippen LogP contribution in [0.15, 0.2) is 12.5 Å². The van der Waals surface area contributed by atoms with E-state index in [0.29, 0.717) is 18.6 Å². The Morgan fingerprint density at radius 3 is 2.88 bits per heavy atom. The van der Waals surface area contributed by atoms with E-state index in [9.17, 15) is 4.79 Å². The van der Waals surface area contributed by atoms with E-state index in [0.717, 1.165) is 45.6 Å². The second-order valence-electron chi connectivity index (χ2n) is 8.35. The van der Waals surface area contributed by atoms with Gasteiger partial charge in [-0.25, -0.2) is 4.98 Å². The normalized spacial score (nSPS) is 27.9. The van der Waals surface area contributed by atoms with Gasteiger partial charge >= 0.3 is 0 Å². The van der Waals surface area contributed by atoms with Crippen LogP contribution in [0.4, 0.5) is 0 Å². The van der Waals surface area contributed by atoms with Gasteiger partial charge < -0.3 is 14.2 Å². The van der Waals surface area contributed by atoms with Gasteiger partial charge in [-0.1, -0.05) is 12.8 Å². The summed E-state index contributed by atoms with van der Waals surface area (Å²) in [4.78, 5) is 22.4. The molecule has 3 fully saturated rings. The van der Waals surface area contributed by atoms with Crippen molar-refractivity contribution in [3.63, 3.8) is 0 Å². The van der Waals surface area contributed by atoms with Crippen LogP contribution in [0.5, 0.6) is 0 Å². The van der Waals surface area contributed by atoms with Gasteiger partial charge in [0.15, 0.2) is 0 Å². The van der Waals surface area contributed by atoms with E-state index in [1.54, 1.807) is 7.11 Å². The zero-order valence-electron chi connectivity index (χ0n) is 16.0. The van der Waals surface area contributed by atoms with E-state index < -0.39 is 0 Å². The lowest BCUT2D eigenvalue weighted by Crippen LogP contribution is -2.53. The summed E-state index contributed by atoms with van der Waals surface area (Å²) in [5.41, 5.74) is 1.09. The molecule has 26 heavy (non-hydrogen) atoms. The SMILES string of the molecule is COCCn1cncc1CN1CC[C@@]2(CCCN(C3CCCC3)C2=O)C1. The van der Waals surface area contributed by atoms with Crippen LogP contribution in [0, 0.1) is 5.41 Å². The molecule has 2 aliphatic heterocycles. The van der Waals surface area contributed by atoms with Crippen LogP contribution in [0.25, 0.3) is 0 Å². The molecule has 1 atom stereocenters. The summed E-state index contributed by atoms with van der Waals surface area (Å²) in [5, 5.41) is 0. The first-order valence-electron chi connectivity index (χ1n) is 10.2. The molecule has 1 saturated carbocycles. The number of aromatic nitrogens is 2. The molecular weight excluding hydrogens is 328 g/mol. The van der Waals surface area contributed by atoms with Gasteiger partial charge in [0.25, 0.3) is 0 Å². The van der Waals surface area contributed by atoms with Crippen molar-refractivity contribution in [2.45, 2.75) is 64.1 Å². The number of hydrogen-bond donors (Lipinski definition) is 0. The Morgan fingerprint density at radius 2 is 2.08 bits per heavy atom. The highest BCUT2D eigenvalue weighted by Crippen LogP contribution is 2.42. The summed E-state index contributed by atoms with van der Waals surface area (Å²) in [7, 11) is 1.73. The van der Waals surface area contributed by atoms with Crippen molar-refractivity contribution in [2.75, 3.05) is 33.4 Å². The number of ether oxygens (including phenoxy) is 1. The molecule has 2 saturated heterocycles. The van der Waals surface area contributed by atoms with Gasteiger partial charge in [-0.3, -0.25) is 9.69 Å². The van der Waals surface area contributed by atoms with E-state index in [1.165, 1.54) is 37.8 Å². The van der Waals surface area contributed by atoms with Gasteiger partial charge in [0.05, 0.1) is 24.0 Å². The van der Waals surface area contributed by atoms with Crippen molar-refractivity contribution >= 4 is 5.91 Å². The van der Waals surface area contributed by atoms with Crippen LogP contribution >= 0.6 is 0 Å². The van der Waals surface area contributed by atoms with Crippen LogP contribution in [-0.2, 0) is 22.6 Å². The molecule has 0 unspecified atom stereocenters. The largest absolute Gasteiger partial charge is 0.383 e. The number of carbonyl (C=O) groups is 1. The molecule has 6 heteroatoms. The zero-order chi connectivity index (χ0) is 18.0. The van der Waals surface area contributed by atoms with Gasteiger partial charge in [0, 0.05) is 45.5 Å². The quantitative estimate of drug-likeness (QED) is 0.781. The molecule has 6 nitrogen and oxygen atoms in total. The maximum atomic E-state index is 13.4. The minimum Gasteiger partial charge on any atom is -0.383 e. The van der Waals surface area contributed by atoms with Crippen molar-refractivity contribution < 1.29 is 9.53 Å². The van der Waals surface area contributed by atoms with Gasteiger partial charge in [0.1, 0.15) is 0 Å². The molecule has 144 valence electrons. The van der Waals surface area contributed by atoms with Crippen molar-refractivity contribution in [3.05, 3.63) is 18.2 Å². The zero-order valence-corrected chi connectivity index (χ0v) is 16.0. The van der Waals surface area contributed by atoms with E-state index in [4.69, 9.17) is 4.74 Å². The third-order valence-electron chi connectivity index (χ3n) is 6.69. The van der Waals surface area contributed by atoms with E-state index in [1.807, 2.05) is 12.5 Å². The minimum absolute atomic E-state index is 0.127.